The monoisotopic (exact) mass is 322 g/mol. The molecule has 24 heavy (non-hydrogen) atoms. The molecule has 2 aromatic carbocycles. The summed E-state index contributed by atoms with van der Waals surface area (Å²) in [6.45, 7) is 0. The van der Waals surface area contributed by atoms with Crippen LogP contribution in [0.4, 0.5) is 11.4 Å². The van der Waals surface area contributed by atoms with Gasteiger partial charge in [-0.25, -0.2) is 0 Å². The first-order chi connectivity index (χ1) is 11.5. The third kappa shape index (κ3) is 4.35. The number of aromatic hydroxyl groups is 1. The highest BCUT2D eigenvalue weighted by molar-refractivity contribution is 6.07. The Kier molecular flexibility index (Phi) is 5.16. The Labute approximate surface area is 138 Å². The van der Waals surface area contributed by atoms with Crippen molar-refractivity contribution < 1.29 is 14.7 Å². The number of phenols is 1. The number of nitrogens with two attached hydrogens (primary N) is 1. The molecule has 7 nitrogen and oxygen atoms in total. The highest BCUT2D eigenvalue weighted by Crippen LogP contribution is 2.16. The van der Waals surface area contributed by atoms with Crippen molar-refractivity contribution in [2.45, 2.75) is 0 Å². The molecule has 5 N–H and O–H groups in total. The van der Waals surface area contributed by atoms with Gasteiger partial charge in [-0.2, -0.15) is 5.26 Å². The molecule has 0 bridgehead atoms. The minimum Gasteiger partial charge on any atom is -0.508 e. The summed E-state index contributed by atoms with van der Waals surface area (Å²) >= 11 is 0. The number of nitrogens with one attached hydrogen (secondary N) is 2. The Morgan fingerprint density at radius 2 is 1.88 bits per heavy atom. The molecule has 7 heteroatoms. The molecule has 0 radical (unpaired) electrons. The molecule has 2 amide bonds. The molecule has 0 saturated carbocycles. The zero-order chi connectivity index (χ0) is 17.5. The normalized spacial score (nSPS) is 10.5. The summed E-state index contributed by atoms with van der Waals surface area (Å²) in [4.78, 5) is 23.9. The zero-order valence-electron chi connectivity index (χ0n) is 12.5. The fraction of sp³-hybridized carbons (Fsp3) is 0. The van der Waals surface area contributed by atoms with Crippen molar-refractivity contribution in [1.82, 2.24) is 5.32 Å². The lowest BCUT2D eigenvalue weighted by atomic mass is 10.2. The van der Waals surface area contributed by atoms with Gasteiger partial charge in [-0.1, -0.05) is 6.07 Å². The molecule has 0 atom stereocenters. The smallest absolute Gasteiger partial charge is 0.267 e. The Bertz CT molecular complexity index is 836. The van der Waals surface area contributed by atoms with Crippen LogP contribution in [0.25, 0.3) is 0 Å². The summed E-state index contributed by atoms with van der Waals surface area (Å²) in [7, 11) is 0. The van der Waals surface area contributed by atoms with Gasteiger partial charge in [0.2, 0.25) is 0 Å². The van der Waals surface area contributed by atoms with Crippen molar-refractivity contribution >= 4 is 23.2 Å². The van der Waals surface area contributed by atoms with Crippen LogP contribution < -0.4 is 16.4 Å². The van der Waals surface area contributed by atoms with Crippen LogP contribution in [0.2, 0.25) is 0 Å². The number of rotatable bonds is 4. The number of anilines is 2. The first-order valence-electron chi connectivity index (χ1n) is 6.86. The molecule has 0 aliphatic carbocycles. The van der Waals surface area contributed by atoms with E-state index in [9.17, 15) is 14.7 Å². The van der Waals surface area contributed by atoms with Gasteiger partial charge in [0.1, 0.15) is 17.4 Å². The molecule has 120 valence electrons. The molecular formula is C17H14N4O3. The Hall–Kier alpha value is -3.79. The van der Waals surface area contributed by atoms with E-state index < -0.39 is 11.8 Å². The van der Waals surface area contributed by atoms with E-state index in [-0.39, 0.29) is 11.3 Å². The second-order valence-electron chi connectivity index (χ2n) is 4.77. The number of carbonyl (C=O) groups is 2. The van der Waals surface area contributed by atoms with Gasteiger partial charge in [0.05, 0.1) is 0 Å². The SMILES string of the molecule is N#C/C(=C/NC(=O)c1ccc(N)cc1)C(=O)Nc1cccc(O)c1. The van der Waals surface area contributed by atoms with Gasteiger partial charge >= 0.3 is 0 Å². The summed E-state index contributed by atoms with van der Waals surface area (Å²) in [5, 5.41) is 23.2. The van der Waals surface area contributed by atoms with Gasteiger partial charge in [0, 0.05) is 29.2 Å². The van der Waals surface area contributed by atoms with Gasteiger partial charge in [-0.15, -0.1) is 0 Å². The quantitative estimate of drug-likeness (QED) is 0.387. The molecule has 0 aliphatic rings. The Morgan fingerprint density at radius 1 is 1.17 bits per heavy atom. The summed E-state index contributed by atoms with van der Waals surface area (Å²) < 4.78 is 0. The van der Waals surface area contributed by atoms with Crippen LogP contribution in [-0.4, -0.2) is 16.9 Å². The third-order valence-corrected chi connectivity index (χ3v) is 2.99. The standard InChI is InChI=1S/C17H14N4O3/c18-9-12(17(24)21-14-2-1-3-15(22)8-14)10-20-16(23)11-4-6-13(19)7-5-11/h1-8,10,22H,19H2,(H,20,23)(H,21,24)/b12-10-. The molecule has 2 aromatic rings. The van der Waals surface area contributed by atoms with E-state index in [4.69, 9.17) is 11.0 Å². The van der Waals surface area contributed by atoms with Crippen LogP contribution >= 0.6 is 0 Å². The van der Waals surface area contributed by atoms with E-state index in [0.29, 0.717) is 16.9 Å². The van der Waals surface area contributed by atoms with Crippen molar-refractivity contribution in [2.24, 2.45) is 0 Å². The second-order valence-corrected chi connectivity index (χ2v) is 4.77. The summed E-state index contributed by atoms with van der Waals surface area (Å²) in [5.74, 6) is -1.21. The van der Waals surface area contributed by atoms with Crippen molar-refractivity contribution in [1.29, 1.82) is 5.26 Å². The molecule has 0 saturated heterocycles. The van der Waals surface area contributed by atoms with Gasteiger partial charge in [0.25, 0.3) is 11.8 Å². The second kappa shape index (κ2) is 7.47. The van der Waals surface area contributed by atoms with E-state index in [2.05, 4.69) is 10.6 Å². The number of amides is 2. The van der Waals surface area contributed by atoms with Gasteiger partial charge in [0.15, 0.2) is 0 Å². The fourth-order valence-electron chi connectivity index (χ4n) is 1.79. The lowest BCUT2D eigenvalue weighted by Gasteiger charge is -2.05. The van der Waals surface area contributed by atoms with Crippen molar-refractivity contribution in [3.63, 3.8) is 0 Å². The summed E-state index contributed by atoms with van der Waals surface area (Å²) in [5.41, 5.74) is 6.43. The van der Waals surface area contributed by atoms with Crippen LogP contribution in [0.3, 0.4) is 0 Å². The predicted octanol–water partition coefficient (Wildman–Crippen LogP) is 1.75. The van der Waals surface area contributed by atoms with Gasteiger partial charge in [-0.3, -0.25) is 9.59 Å². The Balaban J connectivity index is 2.05. The number of benzene rings is 2. The van der Waals surface area contributed by atoms with Crippen molar-refractivity contribution in [2.75, 3.05) is 11.1 Å². The predicted molar refractivity (Wildman–Crippen MR) is 88.8 cm³/mol. The molecule has 0 aliphatic heterocycles. The first kappa shape index (κ1) is 16.6. The Morgan fingerprint density at radius 3 is 2.50 bits per heavy atom. The maximum Gasteiger partial charge on any atom is 0.267 e. The van der Waals surface area contributed by atoms with E-state index in [0.717, 1.165) is 6.20 Å². The number of phenolic OH excluding ortho intramolecular Hbond substituents is 1. The van der Waals surface area contributed by atoms with E-state index >= 15 is 0 Å². The van der Waals surface area contributed by atoms with Crippen LogP contribution in [0.5, 0.6) is 5.75 Å². The summed E-state index contributed by atoms with van der Waals surface area (Å²) in [6.07, 6.45) is 1.02. The number of hydrogen-bond acceptors (Lipinski definition) is 5. The lowest BCUT2D eigenvalue weighted by molar-refractivity contribution is -0.112. The number of nitrogen functional groups attached to an aromatic ring is 1. The molecule has 0 heterocycles. The lowest BCUT2D eigenvalue weighted by Crippen LogP contribution is -2.21. The molecule has 0 spiro atoms. The average Bonchev–Trinajstić information content (AvgIpc) is 2.56. The van der Waals surface area contributed by atoms with Crippen LogP contribution in [0.15, 0.2) is 60.3 Å². The number of nitriles is 1. The molecule has 2 rings (SSSR count). The highest BCUT2D eigenvalue weighted by atomic mass is 16.3. The molecular weight excluding hydrogens is 308 g/mol. The van der Waals surface area contributed by atoms with E-state index in [1.807, 2.05) is 0 Å². The molecule has 0 aromatic heterocycles. The number of carbonyl (C=O) groups excluding carboxylic acids is 2. The van der Waals surface area contributed by atoms with Gasteiger partial charge < -0.3 is 21.5 Å². The third-order valence-electron chi connectivity index (χ3n) is 2.99. The average molecular weight is 322 g/mol. The maximum absolute atomic E-state index is 12.0. The highest BCUT2D eigenvalue weighted by Gasteiger charge is 2.11. The van der Waals surface area contributed by atoms with E-state index in [1.54, 1.807) is 30.3 Å². The topological polar surface area (TPSA) is 128 Å². The molecule has 0 unspecified atom stereocenters. The maximum atomic E-state index is 12.0. The minimum absolute atomic E-state index is 0.0214. The van der Waals surface area contributed by atoms with E-state index in [1.165, 1.54) is 24.3 Å². The number of nitrogens with zero attached hydrogens (tertiary/aromatic N) is 1. The van der Waals surface area contributed by atoms with Crippen LogP contribution in [0.1, 0.15) is 10.4 Å². The first-order valence-corrected chi connectivity index (χ1v) is 6.86. The van der Waals surface area contributed by atoms with Gasteiger partial charge in [-0.05, 0) is 36.4 Å². The minimum atomic E-state index is -0.708. The van der Waals surface area contributed by atoms with Crippen LogP contribution in [0, 0.1) is 11.3 Å². The van der Waals surface area contributed by atoms with Crippen LogP contribution in [-0.2, 0) is 4.79 Å². The van der Waals surface area contributed by atoms with Crippen molar-refractivity contribution in [3.8, 4) is 11.8 Å². The summed E-state index contributed by atoms with van der Waals surface area (Å²) in [6, 6.07) is 13.8. The zero-order valence-corrected chi connectivity index (χ0v) is 12.5. The number of hydrogen-bond donors (Lipinski definition) is 4. The molecule has 0 fully saturated rings. The largest absolute Gasteiger partial charge is 0.508 e. The fourth-order valence-corrected chi connectivity index (χ4v) is 1.79. The van der Waals surface area contributed by atoms with Crippen molar-refractivity contribution in [3.05, 3.63) is 65.9 Å².